The second-order valence-electron chi connectivity index (χ2n) is 2.40. The lowest BCUT2D eigenvalue weighted by Crippen LogP contribution is -1.88. The molecule has 0 unspecified atom stereocenters. The molecule has 1 rings (SSSR count). The molecule has 0 bridgehead atoms. The Kier molecular flexibility index (Phi) is 2.67. The predicted octanol–water partition coefficient (Wildman–Crippen LogP) is 1.41. The molecular weight excluding hydrogens is 154 g/mol. The van der Waals surface area contributed by atoms with E-state index in [-0.39, 0.29) is 11.3 Å². The highest BCUT2D eigenvalue weighted by Gasteiger charge is 2.00. The average molecular weight is 163 g/mol. The Bertz CT molecular complexity index is 315. The van der Waals surface area contributed by atoms with Gasteiger partial charge in [0.15, 0.2) is 0 Å². The third kappa shape index (κ3) is 1.74. The van der Waals surface area contributed by atoms with E-state index in [1.165, 1.54) is 6.07 Å². The zero-order valence-corrected chi connectivity index (χ0v) is 6.74. The van der Waals surface area contributed by atoms with E-state index in [1.54, 1.807) is 19.2 Å². The van der Waals surface area contributed by atoms with Crippen molar-refractivity contribution in [3.8, 4) is 11.8 Å². The van der Waals surface area contributed by atoms with E-state index < -0.39 is 0 Å². The van der Waals surface area contributed by atoms with Gasteiger partial charge in [0.2, 0.25) is 0 Å². The minimum Gasteiger partial charge on any atom is -0.507 e. The summed E-state index contributed by atoms with van der Waals surface area (Å²) in [5, 5.41) is 17.7. The number of phenols is 1. The first kappa shape index (κ1) is 8.57. The molecule has 0 fully saturated rings. The van der Waals surface area contributed by atoms with Crippen molar-refractivity contribution in [3.05, 3.63) is 29.3 Å². The maximum absolute atomic E-state index is 9.14. The third-order valence-corrected chi connectivity index (χ3v) is 1.49. The smallest absolute Gasteiger partial charge is 0.133 e. The SMILES string of the molecule is COCc1ccc(O)c(C#N)c1. The minimum atomic E-state index is 0.0114. The number of hydrogen-bond donors (Lipinski definition) is 1. The van der Waals surface area contributed by atoms with Gasteiger partial charge in [-0.2, -0.15) is 5.26 Å². The number of nitriles is 1. The maximum Gasteiger partial charge on any atom is 0.133 e. The molecule has 3 heteroatoms. The fourth-order valence-electron chi connectivity index (χ4n) is 0.929. The second kappa shape index (κ2) is 3.74. The summed E-state index contributed by atoms with van der Waals surface area (Å²) in [5.74, 6) is 0.0114. The summed E-state index contributed by atoms with van der Waals surface area (Å²) in [4.78, 5) is 0. The van der Waals surface area contributed by atoms with Crippen LogP contribution in [0.1, 0.15) is 11.1 Å². The Labute approximate surface area is 70.8 Å². The van der Waals surface area contributed by atoms with Crippen molar-refractivity contribution in [3.63, 3.8) is 0 Å². The first-order valence-corrected chi connectivity index (χ1v) is 3.49. The average Bonchev–Trinajstić information content (AvgIpc) is 2.09. The van der Waals surface area contributed by atoms with Crippen LogP contribution in [0, 0.1) is 11.3 Å². The fourth-order valence-corrected chi connectivity index (χ4v) is 0.929. The predicted molar refractivity (Wildman–Crippen MR) is 43.5 cm³/mol. The number of ether oxygens (including phenoxy) is 1. The zero-order valence-electron chi connectivity index (χ0n) is 6.74. The van der Waals surface area contributed by atoms with E-state index in [2.05, 4.69) is 0 Å². The highest BCUT2D eigenvalue weighted by Crippen LogP contribution is 2.17. The quantitative estimate of drug-likeness (QED) is 0.717. The first-order valence-electron chi connectivity index (χ1n) is 3.49. The molecule has 0 radical (unpaired) electrons. The molecule has 12 heavy (non-hydrogen) atoms. The van der Waals surface area contributed by atoms with Crippen molar-refractivity contribution in [2.75, 3.05) is 7.11 Å². The van der Waals surface area contributed by atoms with Crippen LogP contribution >= 0.6 is 0 Å². The van der Waals surface area contributed by atoms with Crippen LogP contribution in [0.2, 0.25) is 0 Å². The molecule has 62 valence electrons. The van der Waals surface area contributed by atoms with E-state index in [0.29, 0.717) is 6.61 Å². The van der Waals surface area contributed by atoms with Crippen LogP contribution in [0.15, 0.2) is 18.2 Å². The van der Waals surface area contributed by atoms with Crippen LogP contribution in [0.5, 0.6) is 5.75 Å². The molecule has 1 N–H and O–H groups in total. The molecular formula is C9H9NO2. The topological polar surface area (TPSA) is 53.2 Å². The molecule has 0 amide bonds. The zero-order chi connectivity index (χ0) is 8.97. The van der Waals surface area contributed by atoms with Crippen LogP contribution in [0.25, 0.3) is 0 Å². The molecule has 1 aromatic carbocycles. The van der Waals surface area contributed by atoms with Crippen molar-refractivity contribution in [1.82, 2.24) is 0 Å². The summed E-state index contributed by atoms with van der Waals surface area (Å²) in [6, 6.07) is 6.71. The molecule has 0 aliphatic carbocycles. The van der Waals surface area contributed by atoms with Gasteiger partial charge in [-0.1, -0.05) is 6.07 Å². The number of hydrogen-bond acceptors (Lipinski definition) is 3. The van der Waals surface area contributed by atoms with Gasteiger partial charge in [0.1, 0.15) is 11.8 Å². The van der Waals surface area contributed by atoms with Crippen molar-refractivity contribution >= 4 is 0 Å². The number of phenolic OH excluding ortho intramolecular Hbond substituents is 1. The number of aromatic hydroxyl groups is 1. The lowest BCUT2D eigenvalue weighted by Gasteiger charge is -2.00. The lowest BCUT2D eigenvalue weighted by molar-refractivity contribution is 0.185. The van der Waals surface area contributed by atoms with Gasteiger partial charge in [0.05, 0.1) is 12.2 Å². The van der Waals surface area contributed by atoms with Gasteiger partial charge in [0, 0.05) is 7.11 Å². The van der Waals surface area contributed by atoms with Gasteiger partial charge < -0.3 is 9.84 Å². The summed E-state index contributed by atoms with van der Waals surface area (Å²) < 4.78 is 4.88. The monoisotopic (exact) mass is 163 g/mol. The Morgan fingerprint density at radius 1 is 1.58 bits per heavy atom. The fraction of sp³-hybridized carbons (Fsp3) is 0.222. The van der Waals surface area contributed by atoms with Gasteiger partial charge in [-0.3, -0.25) is 0 Å². The van der Waals surface area contributed by atoms with Crippen molar-refractivity contribution in [2.45, 2.75) is 6.61 Å². The van der Waals surface area contributed by atoms with Crippen LogP contribution in [0.3, 0.4) is 0 Å². The number of benzene rings is 1. The van der Waals surface area contributed by atoms with Gasteiger partial charge in [-0.25, -0.2) is 0 Å². The largest absolute Gasteiger partial charge is 0.507 e. The Balaban J connectivity index is 2.99. The van der Waals surface area contributed by atoms with Gasteiger partial charge in [-0.15, -0.1) is 0 Å². The Hall–Kier alpha value is -1.53. The highest BCUT2D eigenvalue weighted by molar-refractivity contribution is 5.44. The molecule has 0 aliphatic rings. The minimum absolute atomic E-state index is 0.0114. The lowest BCUT2D eigenvalue weighted by atomic mass is 10.1. The summed E-state index contributed by atoms with van der Waals surface area (Å²) in [6.07, 6.45) is 0. The summed E-state index contributed by atoms with van der Waals surface area (Å²) in [5.41, 5.74) is 1.16. The van der Waals surface area contributed by atoms with Crippen molar-refractivity contribution < 1.29 is 9.84 Å². The first-order chi connectivity index (χ1) is 5.77. The normalized spacial score (nSPS) is 9.33. The number of nitrogens with zero attached hydrogens (tertiary/aromatic N) is 1. The molecule has 0 spiro atoms. The van der Waals surface area contributed by atoms with Crippen LogP contribution in [-0.4, -0.2) is 12.2 Å². The van der Waals surface area contributed by atoms with E-state index >= 15 is 0 Å². The molecule has 1 aromatic rings. The van der Waals surface area contributed by atoms with Gasteiger partial charge >= 0.3 is 0 Å². The number of rotatable bonds is 2. The Morgan fingerprint density at radius 2 is 2.33 bits per heavy atom. The van der Waals surface area contributed by atoms with Gasteiger partial charge in [-0.05, 0) is 17.7 Å². The summed E-state index contributed by atoms with van der Waals surface area (Å²) in [6.45, 7) is 0.453. The number of methoxy groups -OCH3 is 1. The van der Waals surface area contributed by atoms with Gasteiger partial charge in [0.25, 0.3) is 0 Å². The van der Waals surface area contributed by atoms with E-state index in [1.807, 2.05) is 6.07 Å². The molecule has 0 heterocycles. The summed E-state index contributed by atoms with van der Waals surface area (Å²) in [7, 11) is 1.58. The van der Waals surface area contributed by atoms with Crippen molar-refractivity contribution in [2.24, 2.45) is 0 Å². The molecule has 3 nitrogen and oxygen atoms in total. The maximum atomic E-state index is 9.14. The van der Waals surface area contributed by atoms with E-state index in [0.717, 1.165) is 5.56 Å². The second-order valence-corrected chi connectivity index (χ2v) is 2.40. The standard InChI is InChI=1S/C9H9NO2/c1-12-6-7-2-3-9(11)8(4-7)5-10/h2-4,11H,6H2,1H3. The van der Waals surface area contributed by atoms with Crippen LogP contribution < -0.4 is 0 Å². The molecule has 0 saturated heterocycles. The van der Waals surface area contributed by atoms with Crippen LogP contribution in [0.4, 0.5) is 0 Å². The van der Waals surface area contributed by atoms with E-state index in [4.69, 9.17) is 15.1 Å². The molecule has 0 atom stereocenters. The van der Waals surface area contributed by atoms with Crippen LogP contribution in [-0.2, 0) is 11.3 Å². The molecule has 0 saturated carbocycles. The summed E-state index contributed by atoms with van der Waals surface area (Å²) >= 11 is 0. The highest BCUT2D eigenvalue weighted by atomic mass is 16.5. The molecule has 0 aliphatic heterocycles. The van der Waals surface area contributed by atoms with Crippen molar-refractivity contribution in [1.29, 1.82) is 5.26 Å². The molecule has 0 aromatic heterocycles. The van der Waals surface area contributed by atoms with E-state index in [9.17, 15) is 0 Å². The third-order valence-electron chi connectivity index (χ3n) is 1.49. The Morgan fingerprint density at radius 3 is 2.92 bits per heavy atom.